The minimum Gasteiger partial charge on any atom is -0.352 e. The van der Waals surface area contributed by atoms with Gasteiger partial charge < -0.3 is 10.6 Å². The molecule has 0 saturated heterocycles. The Balaban J connectivity index is 1.69. The first-order valence-electron chi connectivity index (χ1n) is 8.57. The van der Waals surface area contributed by atoms with E-state index in [1.54, 1.807) is 0 Å². The van der Waals surface area contributed by atoms with E-state index in [1.807, 2.05) is 54.6 Å². The van der Waals surface area contributed by atoms with E-state index in [0.717, 1.165) is 29.7 Å². The number of nitrogens with one attached hydrogen (secondary N) is 3. The molecule has 3 N–H and O–H groups in total. The van der Waals surface area contributed by atoms with Gasteiger partial charge in [-0.05, 0) is 36.1 Å². The summed E-state index contributed by atoms with van der Waals surface area (Å²) in [7, 11) is 0. The Morgan fingerprint density at radius 1 is 1.08 bits per heavy atom. The Morgan fingerprint density at radius 3 is 2.52 bits per heavy atom. The summed E-state index contributed by atoms with van der Waals surface area (Å²) in [6.45, 7) is 2.02. The molecular weight excluding hydrogens is 314 g/mol. The van der Waals surface area contributed by atoms with Crippen molar-refractivity contribution in [2.45, 2.75) is 38.4 Å². The standard InChI is InChI=1S/C20H23N3O2/c1-14(24)22-18-9-5-6-15(12-18)13-21-19(16-7-3-2-4-8-16)20(25)23-17-10-11-17/h2-9,12,17,19,21H,10-11,13H2,1H3,(H,22,24)(H,23,25)/t19-/m0/s1. The maximum absolute atomic E-state index is 12.6. The van der Waals surface area contributed by atoms with Gasteiger partial charge in [-0.1, -0.05) is 42.5 Å². The Labute approximate surface area is 147 Å². The third kappa shape index (κ3) is 5.16. The summed E-state index contributed by atoms with van der Waals surface area (Å²) in [5.74, 6) is -0.0946. The predicted molar refractivity (Wildman–Crippen MR) is 97.9 cm³/mol. The van der Waals surface area contributed by atoms with E-state index in [9.17, 15) is 9.59 Å². The van der Waals surface area contributed by atoms with Crippen molar-refractivity contribution in [3.63, 3.8) is 0 Å². The first-order valence-corrected chi connectivity index (χ1v) is 8.57. The molecule has 2 aromatic carbocycles. The van der Waals surface area contributed by atoms with Crippen molar-refractivity contribution in [3.05, 3.63) is 65.7 Å². The molecule has 130 valence electrons. The van der Waals surface area contributed by atoms with E-state index in [0.29, 0.717) is 12.6 Å². The van der Waals surface area contributed by atoms with Crippen LogP contribution in [0.1, 0.15) is 36.9 Å². The Kier molecular flexibility index (Phi) is 5.46. The maximum atomic E-state index is 12.6. The van der Waals surface area contributed by atoms with Crippen LogP contribution in [-0.4, -0.2) is 17.9 Å². The van der Waals surface area contributed by atoms with E-state index in [-0.39, 0.29) is 11.8 Å². The molecule has 0 aromatic heterocycles. The zero-order chi connectivity index (χ0) is 17.6. The molecule has 25 heavy (non-hydrogen) atoms. The summed E-state index contributed by atoms with van der Waals surface area (Å²) in [6.07, 6.45) is 2.12. The van der Waals surface area contributed by atoms with Crippen LogP contribution < -0.4 is 16.0 Å². The third-order valence-corrected chi connectivity index (χ3v) is 4.08. The molecule has 0 spiro atoms. The highest BCUT2D eigenvalue weighted by atomic mass is 16.2. The van der Waals surface area contributed by atoms with Gasteiger partial charge in [0.1, 0.15) is 6.04 Å². The van der Waals surface area contributed by atoms with Crippen LogP contribution in [0.15, 0.2) is 54.6 Å². The first kappa shape index (κ1) is 17.2. The maximum Gasteiger partial charge on any atom is 0.241 e. The molecule has 5 heteroatoms. The Bertz CT molecular complexity index is 742. The Hall–Kier alpha value is -2.66. The number of benzene rings is 2. The second kappa shape index (κ2) is 7.94. The van der Waals surface area contributed by atoms with E-state index in [1.165, 1.54) is 6.92 Å². The highest BCUT2D eigenvalue weighted by molar-refractivity contribution is 5.88. The molecule has 1 atom stereocenters. The van der Waals surface area contributed by atoms with Crippen LogP contribution in [0.5, 0.6) is 0 Å². The third-order valence-electron chi connectivity index (χ3n) is 4.08. The number of carbonyl (C=O) groups is 2. The molecule has 1 aliphatic carbocycles. The molecule has 5 nitrogen and oxygen atoms in total. The fourth-order valence-electron chi connectivity index (χ4n) is 2.70. The average molecular weight is 337 g/mol. The van der Waals surface area contributed by atoms with Crippen molar-refractivity contribution in [3.8, 4) is 0 Å². The van der Waals surface area contributed by atoms with Crippen LogP contribution in [0.3, 0.4) is 0 Å². The molecule has 0 aliphatic heterocycles. The molecule has 1 fully saturated rings. The van der Waals surface area contributed by atoms with Gasteiger partial charge in [0.2, 0.25) is 11.8 Å². The van der Waals surface area contributed by atoms with Gasteiger partial charge in [0.15, 0.2) is 0 Å². The Morgan fingerprint density at radius 2 is 1.84 bits per heavy atom. The number of amides is 2. The molecule has 3 rings (SSSR count). The van der Waals surface area contributed by atoms with Crippen molar-refractivity contribution >= 4 is 17.5 Å². The van der Waals surface area contributed by atoms with Crippen LogP contribution in [-0.2, 0) is 16.1 Å². The lowest BCUT2D eigenvalue weighted by Gasteiger charge is -2.19. The summed E-state index contributed by atoms with van der Waals surface area (Å²) < 4.78 is 0. The van der Waals surface area contributed by atoms with E-state index in [4.69, 9.17) is 0 Å². The zero-order valence-corrected chi connectivity index (χ0v) is 14.3. The monoisotopic (exact) mass is 337 g/mol. The van der Waals surface area contributed by atoms with Crippen LogP contribution in [0.2, 0.25) is 0 Å². The summed E-state index contributed by atoms with van der Waals surface area (Å²) in [5, 5.41) is 9.18. The predicted octanol–water partition coefficient (Wildman–Crippen LogP) is 2.75. The first-order chi connectivity index (χ1) is 12.1. The molecule has 0 heterocycles. The second-order valence-electron chi connectivity index (χ2n) is 6.39. The quantitative estimate of drug-likeness (QED) is 0.727. The minimum atomic E-state index is -0.397. The number of hydrogen-bond donors (Lipinski definition) is 3. The number of hydrogen-bond acceptors (Lipinski definition) is 3. The van der Waals surface area contributed by atoms with Crippen LogP contribution in [0.4, 0.5) is 5.69 Å². The summed E-state index contributed by atoms with van der Waals surface area (Å²) in [5.41, 5.74) is 2.70. The number of rotatable bonds is 7. The molecule has 1 saturated carbocycles. The molecule has 0 radical (unpaired) electrons. The lowest BCUT2D eigenvalue weighted by atomic mass is 10.1. The summed E-state index contributed by atoms with van der Waals surface area (Å²) >= 11 is 0. The lowest BCUT2D eigenvalue weighted by Crippen LogP contribution is -2.38. The van der Waals surface area contributed by atoms with Gasteiger partial charge in [-0.25, -0.2) is 0 Å². The van der Waals surface area contributed by atoms with Crippen molar-refractivity contribution in [1.82, 2.24) is 10.6 Å². The SMILES string of the molecule is CC(=O)Nc1cccc(CN[C@H](C(=O)NC2CC2)c2ccccc2)c1. The smallest absolute Gasteiger partial charge is 0.241 e. The lowest BCUT2D eigenvalue weighted by molar-refractivity contribution is -0.123. The van der Waals surface area contributed by atoms with Crippen molar-refractivity contribution < 1.29 is 9.59 Å². The van der Waals surface area contributed by atoms with Crippen LogP contribution in [0, 0.1) is 0 Å². The highest BCUT2D eigenvalue weighted by Gasteiger charge is 2.28. The van der Waals surface area contributed by atoms with Gasteiger partial charge >= 0.3 is 0 Å². The highest BCUT2D eigenvalue weighted by Crippen LogP contribution is 2.21. The molecule has 0 unspecified atom stereocenters. The molecule has 0 bridgehead atoms. The van der Waals surface area contributed by atoms with Gasteiger partial charge in [-0.3, -0.25) is 14.9 Å². The van der Waals surface area contributed by atoms with Crippen molar-refractivity contribution in [1.29, 1.82) is 0 Å². The minimum absolute atomic E-state index is 0.00622. The van der Waals surface area contributed by atoms with Gasteiger partial charge in [-0.2, -0.15) is 0 Å². The van der Waals surface area contributed by atoms with E-state index in [2.05, 4.69) is 16.0 Å². The number of carbonyl (C=O) groups excluding carboxylic acids is 2. The molecule has 1 aliphatic rings. The number of anilines is 1. The van der Waals surface area contributed by atoms with Crippen molar-refractivity contribution in [2.75, 3.05) is 5.32 Å². The normalized spacial score (nSPS) is 14.6. The van der Waals surface area contributed by atoms with E-state index >= 15 is 0 Å². The fourth-order valence-corrected chi connectivity index (χ4v) is 2.70. The summed E-state index contributed by atoms with van der Waals surface area (Å²) in [4.78, 5) is 23.8. The molecular formula is C20H23N3O2. The topological polar surface area (TPSA) is 70.2 Å². The summed E-state index contributed by atoms with van der Waals surface area (Å²) in [6, 6.07) is 17.3. The van der Waals surface area contributed by atoms with E-state index < -0.39 is 6.04 Å². The second-order valence-corrected chi connectivity index (χ2v) is 6.39. The zero-order valence-electron chi connectivity index (χ0n) is 14.3. The van der Waals surface area contributed by atoms with Gasteiger partial charge in [0.25, 0.3) is 0 Å². The molecule has 2 aromatic rings. The van der Waals surface area contributed by atoms with Gasteiger partial charge in [-0.15, -0.1) is 0 Å². The fraction of sp³-hybridized carbons (Fsp3) is 0.300. The largest absolute Gasteiger partial charge is 0.352 e. The van der Waals surface area contributed by atoms with Crippen LogP contribution in [0.25, 0.3) is 0 Å². The van der Waals surface area contributed by atoms with Crippen LogP contribution >= 0.6 is 0 Å². The van der Waals surface area contributed by atoms with Crippen molar-refractivity contribution in [2.24, 2.45) is 0 Å². The van der Waals surface area contributed by atoms with Gasteiger partial charge in [0, 0.05) is 25.2 Å². The van der Waals surface area contributed by atoms with Gasteiger partial charge in [0.05, 0.1) is 0 Å². The average Bonchev–Trinajstić information content (AvgIpc) is 3.40. The molecule has 2 amide bonds.